The molecule has 2 aliphatic carbocycles. The van der Waals surface area contributed by atoms with Crippen LogP contribution in [-0.2, 0) is 13.5 Å². The third kappa shape index (κ3) is 4.42. The monoisotopic (exact) mass is 524 g/mol. The zero-order valence-corrected chi connectivity index (χ0v) is 21.6. The van der Waals surface area contributed by atoms with Gasteiger partial charge in [0.1, 0.15) is 12.0 Å². The van der Waals surface area contributed by atoms with Crippen molar-refractivity contribution in [1.82, 2.24) is 24.5 Å². The second-order valence-electron chi connectivity index (χ2n) is 10.7. The highest BCUT2D eigenvalue weighted by atomic mass is 19.1. The van der Waals surface area contributed by atoms with Crippen molar-refractivity contribution in [2.75, 3.05) is 5.32 Å². The zero-order valence-electron chi connectivity index (χ0n) is 21.6. The average Bonchev–Trinajstić information content (AvgIpc) is 3.63. The molecule has 198 valence electrons. The van der Waals surface area contributed by atoms with Gasteiger partial charge in [-0.05, 0) is 90.8 Å². The maximum atomic E-state index is 14.0. The van der Waals surface area contributed by atoms with E-state index in [1.165, 1.54) is 6.07 Å². The zero-order chi connectivity index (χ0) is 26.7. The molecular weight excluding hydrogens is 495 g/mol. The highest BCUT2D eigenvalue weighted by Gasteiger charge is 2.30. The van der Waals surface area contributed by atoms with Crippen molar-refractivity contribution in [2.24, 2.45) is 13.0 Å². The van der Waals surface area contributed by atoms with Crippen LogP contribution in [0.1, 0.15) is 53.2 Å². The van der Waals surface area contributed by atoms with Gasteiger partial charge in [0.2, 0.25) is 5.95 Å². The quantitative estimate of drug-likeness (QED) is 0.273. The fourth-order valence-corrected chi connectivity index (χ4v) is 5.69. The van der Waals surface area contributed by atoms with Gasteiger partial charge in [-0.1, -0.05) is 12.1 Å². The predicted molar refractivity (Wildman–Crippen MR) is 147 cm³/mol. The smallest absolute Gasteiger partial charge is 0.253 e. The van der Waals surface area contributed by atoms with E-state index in [0.29, 0.717) is 17.2 Å². The maximum absolute atomic E-state index is 14.0. The fourth-order valence-electron chi connectivity index (χ4n) is 5.69. The van der Waals surface area contributed by atoms with Gasteiger partial charge in [0.05, 0.1) is 11.6 Å². The lowest BCUT2D eigenvalue weighted by atomic mass is 9.87. The number of anilines is 1. The van der Waals surface area contributed by atoms with Crippen molar-refractivity contribution < 1.29 is 14.3 Å². The third-order valence-electron chi connectivity index (χ3n) is 7.98. The molecule has 3 heterocycles. The van der Waals surface area contributed by atoms with E-state index < -0.39 is 6.23 Å². The molecule has 0 saturated heterocycles. The number of benzene rings is 2. The lowest BCUT2D eigenvalue weighted by Gasteiger charge is -2.26. The molecule has 8 nitrogen and oxygen atoms in total. The molecule has 2 atom stereocenters. The summed E-state index contributed by atoms with van der Waals surface area (Å²) < 4.78 is 17.6. The molecule has 0 radical (unpaired) electrons. The Kier molecular flexibility index (Phi) is 5.62. The number of pyridine rings is 1. The van der Waals surface area contributed by atoms with Crippen molar-refractivity contribution >= 4 is 28.4 Å². The summed E-state index contributed by atoms with van der Waals surface area (Å²) in [7, 11) is 1.93. The van der Waals surface area contributed by atoms with Crippen LogP contribution in [0.25, 0.3) is 27.7 Å². The summed E-state index contributed by atoms with van der Waals surface area (Å²) in [5.74, 6) is 0.215. The predicted octanol–water partition coefficient (Wildman–Crippen LogP) is 4.97. The minimum atomic E-state index is -0.631. The summed E-state index contributed by atoms with van der Waals surface area (Å²) >= 11 is 0. The van der Waals surface area contributed by atoms with Gasteiger partial charge in [0.15, 0.2) is 5.65 Å². The van der Waals surface area contributed by atoms with Crippen LogP contribution in [0.5, 0.6) is 0 Å². The lowest BCUT2D eigenvalue weighted by Crippen LogP contribution is -2.31. The van der Waals surface area contributed by atoms with E-state index in [9.17, 15) is 14.3 Å². The molecule has 3 aromatic heterocycles. The Balaban J connectivity index is 1.19. The lowest BCUT2D eigenvalue weighted by molar-refractivity contribution is 0.0934. The van der Waals surface area contributed by atoms with Crippen LogP contribution < -0.4 is 10.6 Å². The first-order valence-electron chi connectivity index (χ1n) is 13.4. The second kappa shape index (κ2) is 9.20. The van der Waals surface area contributed by atoms with E-state index in [1.807, 2.05) is 60.4 Å². The maximum Gasteiger partial charge on any atom is 0.253 e. The Morgan fingerprint density at radius 1 is 1.10 bits per heavy atom. The van der Waals surface area contributed by atoms with Crippen molar-refractivity contribution in [3.05, 3.63) is 83.4 Å². The molecule has 2 aliphatic rings. The number of aliphatic hydroxyl groups excluding tert-OH is 1. The standard InChI is InChI=1S/C30H29FN6O2/c1-36-16-24(29(39)32-25-4-2-3-17-7-9-21(31)15-22(17)25)23-13-19(8-10-26(23)36)20-11-12-37-27(14-20)33-30(35-37)34-28(38)18-5-6-18/h7-16,18,25,28,38H,2-6H2,1H3,(H,32,39)(H,34,35)/t25-,28?/m0/s1. The normalized spacial score (nSPS) is 17.8. The molecule has 3 N–H and O–H groups in total. The van der Waals surface area contributed by atoms with Crippen LogP contribution >= 0.6 is 0 Å². The fraction of sp³-hybridized carbons (Fsp3) is 0.300. The van der Waals surface area contributed by atoms with E-state index in [-0.39, 0.29) is 23.7 Å². The van der Waals surface area contributed by atoms with Crippen LogP contribution in [0.15, 0.2) is 60.9 Å². The van der Waals surface area contributed by atoms with Crippen LogP contribution in [0, 0.1) is 11.7 Å². The van der Waals surface area contributed by atoms with Gasteiger partial charge in [-0.15, -0.1) is 5.10 Å². The van der Waals surface area contributed by atoms with Crippen molar-refractivity contribution in [3.8, 4) is 11.1 Å². The largest absolute Gasteiger partial charge is 0.373 e. The number of carbonyl (C=O) groups excluding carboxylic acids is 1. The molecule has 0 spiro atoms. The van der Waals surface area contributed by atoms with Gasteiger partial charge in [-0.3, -0.25) is 4.79 Å². The highest BCUT2D eigenvalue weighted by molar-refractivity contribution is 6.08. The number of aliphatic hydroxyl groups is 1. The Bertz CT molecular complexity index is 1740. The average molecular weight is 525 g/mol. The highest BCUT2D eigenvalue weighted by Crippen LogP contribution is 2.34. The number of amides is 1. The minimum absolute atomic E-state index is 0.169. The molecule has 1 saturated carbocycles. The molecule has 9 heteroatoms. The topological polar surface area (TPSA) is 96.5 Å². The number of carbonyl (C=O) groups is 1. The van der Waals surface area contributed by atoms with Gasteiger partial charge in [-0.2, -0.15) is 4.98 Å². The SMILES string of the molecule is Cn1cc(C(=O)N[C@H]2CCCc3ccc(F)cc32)c2cc(-c3ccn4nc(NC(O)C5CC5)nc4c3)ccc21. The number of aromatic nitrogens is 4. The summed E-state index contributed by atoms with van der Waals surface area (Å²) in [6, 6.07) is 14.6. The summed E-state index contributed by atoms with van der Waals surface area (Å²) in [6.45, 7) is 0. The molecule has 1 amide bonds. The molecular formula is C30H29FN6O2. The molecule has 0 aliphatic heterocycles. The van der Waals surface area contributed by atoms with Crippen molar-refractivity contribution in [2.45, 2.75) is 44.4 Å². The second-order valence-corrected chi connectivity index (χ2v) is 10.7. The molecule has 1 unspecified atom stereocenters. The number of hydrogen-bond donors (Lipinski definition) is 3. The van der Waals surface area contributed by atoms with E-state index >= 15 is 0 Å². The van der Waals surface area contributed by atoms with Crippen LogP contribution in [0.2, 0.25) is 0 Å². The summed E-state index contributed by atoms with van der Waals surface area (Å²) in [5.41, 5.74) is 6.05. The molecule has 2 aromatic carbocycles. The molecule has 0 bridgehead atoms. The summed E-state index contributed by atoms with van der Waals surface area (Å²) in [6.07, 6.45) is 7.72. The number of rotatable bonds is 6. The molecule has 5 aromatic rings. The Morgan fingerprint density at radius 3 is 2.79 bits per heavy atom. The van der Waals surface area contributed by atoms with Gasteiger partial charge < -0.3 is 20.3 Å². The van der Waals surface area contributed by atoms with E-state index in [0.717, 1.165) is 65.3 Å². The van der Waals surface area contributed by atoms with Gasteiger partial charge in [0.25, 0.3) is 5.91 Å². The minimum Gasteiger partial charge on any atom is -0.373 e. The van der Waals surface area contributed by atoms with Gasteiger partial charge >= 0.3 is 0 Å². The number of fused-ring (bicyclic) bond motifs is 3. The molecule has 7 rings (SSSR count). The first kappa shape index (κ1) is 23.8. The van der Waals surface area contributed by atoms with Crippen LogP contribution in [-0.4, -0.2) is 36.4 Å². The Hall–Kier alpha value is -4.24. The number of nitrogens with zero attached hydrogens (tertiary/aromatic N) is 4. The van der Waals surface area contributed by atoms with Crippen LogP contribution in [0.3, 0.4) is 0 Å². The van der Waals surface area contributed by atoms with Gasteiger partial charge in [0, 0.05) is 36.3 Å². The molecule has 1 fully saturated rings. The van der Waals surface area contributed by atoms with Crippen LogP contribution in [0.4, 0.5) is 10.3 Å². The number of halogens is 1. The summed E-state index contributed by atoms with van der Waals surface area (Å²) in [4.78, 5) is 18.1. The first-order valence-corrected chi connectivity index (χ1v) is 13.4. The summed E-state index contributed by atoms with van der Waals surface area (Å²) in [5, 5.41) is 21.6. The van der Waals surface area contributed by atoms with Crippen molar-refractivity contribution in [3.63, 3.8) is 0 Å². The van der Waals surface area contributed by atoms with E-state index in [4.69, 9.17) is 0 Å². The van der Waals surface area contributed by atoms with E-state index in [2.05, 4.69) is 20.7 Å². The van der Waals surface area contributed by atoms with Gasteiger partial charge in [-0.25, -0.2) is 8.91 Å². The number of nitrogens with one attached hydrogen (secondary N) is 2. The third-order valence-corrected chi connectivity index (χ3v) is 7.98. The Morgan fingerprint density at radius 2 is 1.95 bits per heavy atom. The molecule has 39 heavy (non-hydrogen) atoms. The number of hydrogen-bond acceptors (Lipinski definition) is 5. The Labute approximate surface area is 224 Å². The number of aryl methyl sites for hydroxylation is 2. The van der Waals surface area contributed by atoms with Crippen molar-refractivity contribution in [1.29, 1.82) is 0 Å². The first-order chi connectivity index (χ1) is 18.9. The van der Waals surface area contributed by atoms with E-state index in [1.54, 1.807) is 10.6 Å².